The second kappa shape index (κ2) is 11.7. The number of hydrogen-bond donors (Lipinski definition) is 2. The van der Waals surface area contributed by atoms with Gasteiger partial charge in [0.25, 0.3) is 0 Å². The van der Waals surface area contributed by atoms with Crippen LogP contribution in [0.1, 0.15) is 17.0 Å². The third kappa shape index (κ3) is 7.11. The fourth-order valence-corrected chi connectivity index (χ4v) is 3.44. The third-order valence-corrected chi connectivity index (χ3v) is 4.92. The molecule has 1 unspecified atom stereocenters. The van der Waals surface area contributed by atoms with Crippen molar-refractivity contribution in [2.24, 2.45) is 0 Å². The summed E-state index contributed by atoms with van der Waals surface area (Å²) in [5, 5.41) is 10.4. The molecule has 162 valence electrons. The molecule has 2 N–H and O–H groups in total. The molecule has 3 aromatic rings. The molecule has 0 saturated heterocycles. The van der Waals surface area contributed by atoms with Crippen molar-refractivity contribution >= 4 is 0 Å². The molecule has 0 radical (unpaired) electrons. The van der Waals surface area contributed by atoms with Crippen LogP contribution in [0, 0.1) is 5.82 Å². The summed E-state index contributed by atoms with van der Waals surface area (Å²) in [6.07, 6.45) is 3.00. The van der Waals surface area contributed by atoms with Gasteiger partial charge in [-0.05, 0) is 42.0 Å². The van der Waals surface area contributed by atoms with Crippen LogP contribution in [-0.2, 0) is 29.2 Å². The molecule has 7 heteroatoms. The molecule has 0 aliphatic heterocycles. The van der Waals surface area contributed by atoms with Gasteiger partial charge < -0.3 is 28.5 Å². The Bertz CT molecular complexity index is 866. The molecule has 0 aliphatic carbocycles. The number of benzene rings is 1. The summed E-state index contributed by atoms with van der Waals surface area (Å²) in [6, 6.07) is 14.4. The van der Waals surface area contributed by atoms with E-state index in [0.29, 0.717) is 26.3 Å². The Morgan fingerprint density at radius 2 is 2.10 bits per heavy atom. The minimum atomic E-state index is -0.599. The van der Waals surface area contributed by atoms with Gasteiger partial charge in [-0.3, -0.25) is 0 Å². The first-order valence-corrected chi connectivity index (χ1v) is 10.1. The summed E-state index contributed by atoms with van der Waals surface area (Å²) < 4.78 is 31.7. The zero-order chi connectivity index (χ0) is 21.2. The zero-order valence-electron chi connectivity index (χ0n) is 17.3. The predicted octanol–water partition coefficient (Wildman–Crippen LogP) is 1.88. The third-order valence-electron chi connectivity index (χ3n) is 4.92. The molecule has 2 atom stereocenters. The maximum atomic E-state index is 13.5. The number of aliphatic hydroxyl groups excluding tert-OH is 1. The molecule has 2 heterocycles. The number of aliphatic hydroxyl groups is 1. The lowest BCUT2D eigenvalue weighted by atomic mass is 10.2. The number of rotatable bonds is 13. The number of hydrogen-bond acceptors (Lipinski definition) is 4. The summed E-state index contributed by atoms with van der Waals surface area (Å²) in [7, 11) is 1.67. The highest BCUT2D eigenvalue weighted by Gasteiger charge is 2.18. The lowest BCUT2D eigenvalue weighted by Gasteiger charge is -2.23. The molecule has 2 aromatic heterocycles. The molecule has 3 rings (SSSR count). The molecule has 0 saturated carbocycles. The highest BCUT2D eigenvalue weighted by Crippen LogP contribution is 2.09. The smallest absolute Gasteiger partial charge is 0.129 e. The van der Waals surface area contributed by atoms with E-state index in [9.17, 15) is 9.50 Å². The second-order valence-corrected chi connectivity index (χ2v) is 7.38. The van der Waals surface area contributed by atoms with Gasteiger partial charge in [0, 0.05) is 19.9 Å². The molecule has 0 spiro atoms. The highest BCUT2D eigenvalue weighted by atomic mass is 19.1. The quantitative estimate of drug-likeness (QED) is 0.446. The van der Waals surface area contributed by atoms with Crippen LogP contribution in [0.25, 0.3) is 0 Å². The van der Waals surface area contributed by atoms with Crippen molar-refractivity contribution in [3.05, 3.63) is 83.8 Å². The fourth-order valence-electron chi connectivity index (χ4n) is 3.44. The molecule has 0 fully saturated rings. The number of aromatic nitrogens is 1. The minimum Gasteiger partial charge on any atom is -0.467 e. The Kier molecular flexibility index (Phi) is 8.65. The maximum Gasteiger partial charge on any atom is 0.129 e. The molecule has 1 aromatic carbocycles. The van der Waals surface area contributed by atoms with E-state index in [2.05, 4.69) is 10.6 Å². The minimum absolute atomic E-state index is 0.230. The molecule has 0 amide bonds. The van der Waals surface area contributed by atoms with Gasteiger partial charge in [0.05, 0.1) is 25.2 Å². The van der Waals surface area contributed by atoms with Gasteiger partial charge in [0.15, 0.2) is 0 Å². The predicted molar refractivity (Wildman–Crippen MR) is 111 cm³/mol. The maximum absolute atomic E-state index is 13.5. The molecular formula is C23H30FN2O4+. The van der Waals surface area contributed by atoms with Crippen LogP contribution >= 0.6 is 0 Å². The molecule has 30 heavy (non-hydrogen) atoms. The van der Waals surface area contributed by atoms with E-state index >= 15 is 0 Å². The van der Waals surface area contributed by atoms with Crippen LogP contribution in [-0.4, -0.2) is 49.2 Å². The SMILES string of the molecule is COCC[NH+](Cc1cccn1Cc1cccc(F)c1)C[C@@H](O)COCc1ccco1. The molecule has 6 nitrogen and oxygen atoms in total. The van der Waals surface area contributed by atoms with Crippen molar-refractivity contribution in [1.29, 1.82) is 0 Å². The average molecular weight is 418 g/mol. The number of quaternary nitrogens is 1. The first-order chi connectivity index (χ1) is 14.6. The Hall–Kier alpha value is -2.45. The van der Waals surface area contributed by atoms with Crippen LogP contribution in [0.2, 0.25) is 0 Å². The number of halogens is 1. The summed E-state index contributed by atoms with van der Waals surface area (Å²) in [4.78, 5) is 1.19. The van der Waals surface area contributed by atoms with E-state index in [0.717, 1.165) is 30.1 Å². The van der Waals surface area contributed by atoms with Crippen molar-refractivity contribution in [3.63, 3.8) is 0 Å². The first-order valence-electron chi connectivity index (χ1n) is 10.1. The lowest BCUT2D eigenvalue weighted by Crippen LogP contribution is -3.12. The summed E-state index contributed by atoms with van der Waals surface area (Å²) in [5.41, 5.74) is 2.03. The average Bonchev–Trinajstić information content (AvgIpc) is 3.39. The lowest BCUT2D eigenvalue weighted by molar-refractivity contribution is -0.917. The normalized spacial score (nSPS) is 13.4. The van der Waals surface area contributed by atoms with Crippen LogP contribution in [0.5, 0.6) is 0 Å². The Morgan fingerprint density at radius 3 is 2.87 bits per heavy atom. The molecular weight excluding hydrogens is 387 g/mol. The van der Waals surface area contributed by atoms with Gasteiger partial charge in [-0.15, -0.1) is 0 Å². The largest absolute Gasteiger partial charge is 0.467 e. The van der Waals surface area contributed by atoms with Crippen molar-refractivity contribution < 1.29 is 28.3 Å². The van der Waals surface area contributed by atoms with Crippen LogP contribution in [0.3, 0.4) is 0 Å². The first kappa shape index (κ1) is 22.2. The van der Waals surface area contributed by atoms with Gasteiger partial charge in [0.2, 0.25) is 0 Å². The Balaban J connectivity index is 1.55. The number of ether oxygens (including phenoxy) is 2. The number of nitrogens with one attached hydrogen (secondary N) is 1. The van der Waals surface area contributed by atoms with E-state index in [1.165, 1.54) is 11.0 Å². The van der Waals surface area contributed by atoms with E-state index in [1.807, 2.05) is 30.5 Å². The molecule has 0 aliphatic rings. The summed E-state index contributed by atoms with van der Waals surface area (Å²) >= 11 is 0. The Labute approximate surface area is 176 Å². The van der Waals surface area contributed by atoms with Crippen LogP contribution in [0.4, 0.5) is 4.39 Å². The van der Waals surface area contributed by atoms with E-state index < -0.39 is 6.10 Å². The summed E-state index contributed by atoms with van der Waals surface area (Å²) in [6.45, 7) is 3.80. The van der Waals surface area contributed by atoms with Crippen molar-refractivity contribution in [1.82, 2.24) is 4.57 Å². The van der Waals surface area contributed by atoms with E-state index in [4.69, 9.17) is 13.9 Å². The van der Waals surface area contributed by atoms with Gasteiger partial charge in [-0.1, -0.05) is 12.1 Å². The summed E-state index contributed by atoms with van der Waals surface area (Å²) in [5.74, 6) is 0.507. The number of nitrogens with zero attached hydrogens (tertiary/aromatic N) is 1. The number of furan rings is 1. The van der Waals surface area contributed by atoms with Crippen molar-refractivity contribution in [2.75, 3.05) is 33.4 Å². The van der Waals surface area contributed by atoms with Crippen molar-refractivity contribution in [3.8, 4) is 0 Å². The van der Waals surface area contributed by atoms with Gasteiger partial charge in [-0.25, -0.2) is 4.39 Å². The zero-order valence-corrected chi connectivity index (χ0v) is 17.3. The molecule has 0 bridgehead atoms. The van der Waals surface area contributed by atoms with E-state index in [-0.39, 0.29) is 12.4 Å². The fraction of sp³-hybridized carbons (Fsp3) is 0.391. The van der Waals surface area contributed by atoms with Gasteiger partial charge >= 0.3 is 0 Å². The second-order valence-electron chi connectivity index (χ2n) is 7.38. The number of methoxy groups -OCH3 is 1. The van der Waals surface area contributed by atoms with Gasteiger partial charge in [-0.2, -0.15) is 0 Å². The monoisotopic (exact) mass is 417 g/mol. The van der Waals surface area contributed by atoms with Crippen LogP contribution < -0.4 is 4.90 Å². The van der Waals surface area contributed by atoms with E-state index in [1.54, 1.807) is 25.5 Å². The topological polar surface area (TPSA) is 61.2 Å². The Morgan fingerprint density at radius 1 is 1.20 bits per heavy atom. The highest BCUT2D eigenvalue weighted by molar-refractivity contribution is 5.18. The van der Waals surface area contributed by atoms with Crippen LogP contribution in [0.15, 0.2) is 65.4 Å². The van der Waals surface area contributed by atoms with Gasteiger partial charge in [0.1, 0.15) is 43.9 Å². The van der Waals surface area contributed by atoms with Crippen molar-refractivity contribution in [2.45, 2.75) is 25.8 Å². The standard InChI is InChI=1S/C23H29FN2O4/c1-28-12-10-25(16-22(27)17-29-18-23-8-4-11-30-23)15-21-7-3-9-26(21)14-19-5-2-6-20(24)13-19/h2-9,11,13,22,27H,10,12,14-18H2,1H3/p+1/t22-/m1/s1.